The standard InChI is InChI=1S/C24H21F2N3O4/c1-28-21-7-5-17(12-16(21)13-22(28)30)33-10-8-27-23(31)18-3-2-9-29(24(18)32)14-15-4-6-19(25)20(26)11-15/h2-7,9,11-12H,8,10,13-14H2,1H3,(H,27,31). The molecule has 1 aliphatic heterocycles. The summed E-state index contributed by atoms with van der Waals surface area (Å²) in [6.45, 7) is 0.326. The highest BCUT2D eigenvalue weighted by atomic mass is 19.2. The molecule has 2 aromatic carbocycles. The van der Waals surface area contributed by atoms with Gasteiger partial charge in [0.15, 0.2) is 11.6 Å². The Bertz CT molecular complexity index is 1290. The predicted molar refractivity (Wildman–Crippen MR) is 118 cm³/mol. The van der Waals surface area contributed by atoms with Gasteiger partial charge < -0.3 is 19.5 Å². The van der Waals surface area contributed by atoms with Crippen molar-refractivity contribution >= 4 is 17.5 Å². The number of carbonyl (C=O) groups is 2. The smallest absolute Gasteiger partial charge is 0.263 e. The van der Waals surface area contributed by atoms with Gasteiger partial charge in [0.05, 0.1) is 19.5 Å². The summed E-state index contributed by atoms with van der Waals surface area (Å²) < 4.78 is 33.4. The van der Waals surface area contributed by atoms with Crippen molar-refractivity contribution in [3.8, 4) is 5.75 Å². The molecule has 33 heavy (non-hydrogen) atoms. The molecule has 2 amide bonds. The molecule has 0 fully saturated rings. The molecule has 1 aromatic heterocycles. The Labute approximate surface area is 188 Å². The van der Waals surface area contributed by atoms with Crippen LogP contribution in [0, 0.1) is 11.6 Å². The lowest BCUT2D eigenvalue weighted by Gasteiger charge is -2.12. The SMILES string of the molecule is CN1C(=O)Cc2cc(OCCNC(=O)c3cccn(Cc4ccc(F)c(F)c4)c3=O)ccc21. The number of anilines is 1. The van der Waals surface area contributed by atoms with Crippen LogP contribution in [0.15, 0.2) is 59.5 Å². The van der Waals surface area contributed by atoms with Crippen LogP contribution in [0.25, 0.3) is 0 Å². The number of hydrogen-bond donors (Lipinski definition) is 1. The molecule has 0 saturated carbocycles. The van der Waals surface area contributed by atoms with Crippen LogP contribution in [0.1, 0.15) is 21.5 Å². The number of likely N-dealkylation sites (N-methyl/N-ethyl adjacent to an activating group) is 1. The summed E-state index contributed by atoms with van der Waals surface area (Å²) in [4.78, 5) is 38.5. The summed E-state index contributed by atoms with van der Waals surface area (Å²) in [5.74, 6) is -1.94. The molecular formula is C24H21F2N3O4. The topological polar surface area (TPSA) is 80.6 Å². The molecule has 4 rings (SSSR count). The summed E-state index contributed by atoms with van der Waals surface area (Å²) in [5, 5.41) is 2.63. The summed E-state index contributed by atoms with van der Waals surface area (Å²) in [5.41, 5.74) is 1.51. The second-order valence-corrected chi connectivity index (χ2v) is 7.63. The van der Waals surface area contributed by atoms with E-state index < -0.39 is 23.1 Å². The summed E-state index contributed by atoms with van der Waals surface area (Å²) in [7, 11) is 1.72. The molecule has 0 bridgehead atoms. The van der Waals surface area contributed by atoms with E-state index in [0.717, 1.165) is 23.4 Å². The Morgan fingerprint density at radius 1 is 1.09 bits per heavy atom. The molecule has 0 saturated heterocycles. The van der Waals surface area contributed by atoms with Gasteiger partial charge in [-0.15, -0.1) is 0 Å². The molecule has 0 aliphatic carbocycles. The van der Waals surface area contributed by atoms with E-state index in [0.29, 0.717) is 17.7 Å². The van der Waals surface area contributed by atoms with E-state index in [1.165, 1.54) is 29.0 Å². The number of amides is 2. The van der Waals surface area contributed by atoms with Crippen LogP contribution in [0.5, 0.6) is 5.75 Å². The molecule has 7 nitrogen and oxygen atoms in total. The number of fused-ring (bicyclic) bond motifs is 1. The van der Waals surface area contributed by atoms with Crippen LogP contribution in [0.3, 0.4) is 0 Å². The first-order valence-electron chi connectivity index (χ1n) is 10.3. The maximum atomic E-state index is 13.4. The first kappa shape index (κ1) is 22.2. The summed E-state index contributed by atoms with van der Waals surface area (Å²) >= 11 is 0. The Hall–Kier alpha value is -4.01. The number of rotatable bonds is 7. The fourth-order valence-corrected chi connectivity index (χ4v) is 3.63. The molecule has 0 unspecified atom stereocenters. The van der Waals surface area contributed by atoms with Gasteiger partial charge in [-0.3, -0.25) is 14.4 Å². The minimum atomic E-state index is -1.00. The number of carbonyl (C=O) groups excluding carboxylic acids is 2. The zero-order valence-electron chi connectivity index (χ0n) is 17.8. The fraction of sp³-hybridized carbons (Fsp3) is 0.208. The Kier molecular flexibility index (Phi) is 6.21. The van der Waals surface area contributed by atoms with Crippen LogP contribution in [-0.2, 0) is 17.8 Å². The maximum Gasteiger partial charge on any atom is 0.263 e. The lowest BCUT2D eigenvalue weighted by atomic mass is 10.1. The highest BCUT2D eigenvalue weighted by Crippen LogP contribution is 2.30. The monoisotopic (exact) mass is 453 g/mol. The molecule has 1 aliphatic rings. The molecule has 170 valence electrons. The molecule has 3 aromatic rings. The van der Waals surface area contributed by atoms with Crippen LogP contribution < -0.4 is 20.5 Å². The minimum Gasteiger partial charge on any atom is -0.492 e. The molecule has 9 heteroatoms. The molecular weight excluding hydrogens is 432 g/mol. The Balaban J connectivity index is 1.34. The summed E-state index contributed by atoms with van der Waals surface area (Å²) in [6, 6.07) is 11.7. The van der Waals surface area contributed by atoms with Gasteiger partial charge >= 0.3 is 0 Å². The van der Waals surface area contributed by atoms with Gasteiger partial charge in [0.2, 0.25) is 5.91 Å². The quantitative estimate of drug-likeness (QED) is 0.558. The number of benzene rings is 2. The van der Waals surface area contributed by atoms with Crippen molar-refractivity contribution < 1.29 is 23.1 Å². The zero-order valence-corrected chi connectivity index (χ0v) is 17.8. The number of nitrogens with zero attached hydrogens (tertiary/aromatic N) is 2. The number of pyridine rings is 1. The van der Waals surface area contributed by atoms with E-state index >= 15 is 0 Å². The molecule has 1 N–H and O–H groups in total. The minimum absolute atomic E-state index is 0.00369. The van der Waals surface area contributed by atoms with Crippen molar-refractivity contribution in [1.29, 1.82) is 0 Å². The van der Waals surface area contributed by atoms with Crippen molar-refractivity contribution in [2.24, 2.45) is 0 Å². The summed E-state index contributed by atoms with van der Waals surface area (Å²) in [6.07, 6.45) is 1.80. The number of nitrogens with one attached hydrogen (secondary N) is 1. The number of hydrogen-bond acceptors (Lipinski definition) is 4. The maximum absolute atomic E-state index is 13.4. The largest absolute Gasteiger partial charge is 0.492 e. The van der Waals surface area contributed by atoms with Crippen molar-refractivity contribution in [1.82, 2.24) is 9.88 Å². The van der Waals surface area contributed by atoms with Crippen LogP contribution in [0.4, 0.5) is 14.5 Å². The van der Waals surface area contributed by atoms with Crippen molar-refractivity contribution in [3.05, 3.63) is 93.4 Å². The van der Waals surface area contributed by atoms with E-state index in [4.69, 9.17) is 4.74 Å². The van der Waals surface area contributed by atoms with E-state index in [2.05, 4.69) is 5.32 Å². The third-order valence-electron chi connectivity index (χ3n) is 5.39. The van der Waals surface area contributed by atoms with Gasteiger partial charge in [-0.2, -0.15) is 0 Å². The average molecular weight is 453 g/mol. The zero-order chi connectivity index (χ0) is 23.5. The van der Waals surface area contributed by atoms with Crippen molar-refractivity contribution in [2.45, 2.75) is 13.0 Å². The molecule has 0 atom stereocenters. The molecule has 0 spiro atoms. The molecule has 2 heterocycles. The highest BCUT2D eigenvalue weighted by Gasteiger charge is 2.24. The van der Waals surface area contributed by atoms with Crippen LogP contribution in [-0.4, -0.2) is 36.6 Å². The van der Waals surface area contributed by atoms with E-state index in [1.54, 1.807) is 24.1 Å². The van der Waals surface area contributed by atoms with Crippen LogP contribution in [0.2, 0.25) is 0 Å². The number of aromatic nitrogens is 1. The van der Waals surface area contributed by atoms with E-state index in [1.807, 2.05) is 6.07 Å². The number of ether oxygens (including phenoxy) is 1. The normalized spacial score (nSPS) is 12.6. The molecule has 0 radical (unpaired) electrons. The third-order valence-corrected chi connectivity index (χ3v) is 5.39. The van der Waals surface area contributed by atoms with Crippen molar-refractivity contribution in [2.75, 3.05) is 25.1 Å². The van der Waals surface area contributed by atoms with Gasteiger partial charge in [-0.05, 0) is 53.6 Å². The van der Waals surface area contributed by atoms with Gasteiger partial charge in [0, 0.05) is 18.9 Å². The fourth-order valence-electron chi connectivity index (χ4n) is 3.63. The Morgan fingerprint density at radius 2 is 1.91 bits per heavy atom. The second-order valence-electron chi connectivity index (χ2n) is 7.63. The lowest BCUT2D eigenvalue weighted by molar-refractivity contribution is -0.117. The first-order valence-corrected chi connectivity index (χ1v) is 10.3. The predicted octanol–water partition coefficient (Wildman–Crippen LogP) is 2.50. The van der Waals surface area contributed by atoms with Gasteiger partial charge in [-0.1, -0.05) is 6.07 Å². The Morgan fingerprint density at radius 3 is 2.70 bits per heavy atom. The average Bonchev–Trinajstić information content (AvgIpc) is 3.08. The first-order chi connectivity index (χ1) is 15.8. The van der Waals surface area contributed by atoms with Gasteiger partial charge in [0.25, 0.3) is 11.5 Å². The van der Waals surface area contributed by atoms with Gasteiger partial charge in [0.1, 0.15) is 17.9 Å². The number of halogens is 2. The lowest BCUT2D eigenvalue weighted by Crippen LogP contribution is -2.34. The highest BCUT2D eigenvalue weighted by molar-refractivity contribution is 6.01. The van der Waals surface area contributed by atoms with E-state index in [-0.39, 0.29) is 31.2 Å². The van der Waals surface area contributed by atoms with Gasteiger partial charge in [-0.25, -0.2) is 8.78 Å². The third kappa shape index (κ3) is 4.77. The van der Waals surface area contributed by atoms with E-state index in [9.17, 15) is 23.2 Å². The van der Waals surface area contributed by atoms with Crippen molar-refractivity contribution in [3.63, 3.8) is 0 Å². The van der Waals surface area contributed by atoms with Crippen LogP contribution >= 0.6 is 0 Å². The second kappa shape index (κ2) is 9.23.